The van der Waals surface area contributed by atoms with Crippen LogP contribution in [0.5, 0.6) is 0 Å². The first-order valence-electron chi connectivity index (χ1n) is 8.31. The maximum Gasteiger partial charge on any atom is 0.253 e. The van der Waals surface area contributed by atoms with Gasteiger partial charge in [-0.2, -0.15) is 4.31 Å². The Kier molecular flexibility index (Phi) is 6.91. The normalized spacial score (nSPS) is 12.8. The highest BCUT2D eigenvalue weighted by Crippen LogP contribution is 2.20. The first-order chi connectivity index (χ1) is 12.3. The van der Waals surface area contributed by atoms with E-state index in [4.69, 9.17) is 0 Å². The van der Waals surface area contributed by atoms with E-state index in [1.807, 2.05) is 20.8 Å². The minimum Gasteiger partial charge on any atom is -0.345 e. The number of carbonyl (C=O) groups is 1. The standard InChI is InChI=1S/C18H22BrN3O3S/c1-4-22(5-2)26(24,25)17-8-6-14(7-9-17)13(3)21-18(23)15-10-16(19)12-20-11-15/h6-13H,4-5H2,1-3H3,(H,21,23). The van der Waals surface area contributed by atoms with Crippen LogP contribution in [0.4, 0.5) is 0 Å². The van der Waals surface area contributed by atoms with Gasteiger partial charge in [0.1, 0.15) is 0 Å². The third kappa shape index (κ3) is 4.69. The molecule has 1 unspecified atom stereocenters. The van der Waals surface area contributed by atoms with E-state index in [1.165, 1.54) is 10.5 Å². The summed E-state index contributed by atoms with van der Waals surface area (Å²) in [6.07, 6.45) is 3.10. The molecular weight excluding hydrogens is 418 g/mol. The number of amides is 1. The van der Waals surface area contributed by atoms with Crippen molar-refractivity contribution in [3.05, 3.63) is 58.3 Å². The number of rotatable bonds is 7. The van der Waals surface area contributed by atoms with Crippen LogP contribution in [0.1, 0.15) is 42.7 Å². The van der Waals surface area contributed by atoms with Crippen molar-refractivity contribution in [1.29, 1.82) is 0 Å². The van der Waals surface area contributed by atoms with Crippen LogP contribution in [-0.4, -0.2) is 36.7 Å². The third-order valence-electron chi connectivity index (χ3n) is 4.04. The van der Waals surface area contributed by atoms with Gasteiger partial charge in [-0.1, -0.05) is 26.0 Å². The molecule has 0 radical (unpaired) electrons. The van der Waals surface area contributed by atoms with Crippen LogP contribution in [0, 0.1) is 0 Å². The van der Waals surface area contributed by atoms with Crippen molar-refractivity contribution in [2.24, 2.45) is 0 Å². The van der Waals surface area contributed by atoms with E-state index in [0.29, 0.717) is 18.7 Å². The predicted molar refractivity (Wildman–Crippen MR) is 104 cm³/mol. The number of carbonyl (C=O) groups excluding carboxylic acids is 1. The van der Waals surface area contributed by atoms with Gasteiger partial charge in [-0.3, -0.25) is 9.78 Å². The summed E-state index contributed by atoms with van der Waals surface area (Å²) >= 11 is 3.29. The van der Waals surface area contributed by atoms with Crippen LogP contribution < -0.4 is 5.32 Å². The Morgan fingerprint density at radius 1 is 1.19 bits per heavy atom. The predicted octanol–water partition coefficient (Wildman–Crippen LogP) is 3.37. The van der Waals surface area contributed by atoms with Crippen LogP contribution in [0.25, 0.3) is 0 Å². The molecule has 0 spiro atoms. The van der Waals surface area contributed by atoms with E-state index in [-0.39, 0.29) is 16.8 Å². The zero-order chi connectivity index (χ0) is 19.3. The second-order valence-corrected chi connectivity index (χ2v) is 8.60. The quantitative estimate of drug-likeness (QED) is 0.716. The van der Waals surface area contributed by atoms with Crippen LogP contribution in [-0.2, 0) is 10.0 Å². The van der Waals surface area contributed by atoms with E-state index in [1.54, 1.807) is 36.5 Å². The second-order valence-electron chi connectivity index (χ2n) is 5.75. The molecule has 1 amide bonds. The summed E-state index contributed by atoms with van der Waals surface area (Å²) in [6, 6.07) is 8.01. The van der Waals surface area contributed by atoms with Crippen LogP contribution in [0.3, 0.4) is 0 Å². The van der Waals surface area contributed by atoms with Gasteiger partial charge in [0.15, 0.2) is 0 Å². The fourth-order valence-corrected chi connectivity index (χ4v) is 4.36. The van der Waals surface area contributed by atoms with E-state index in [9.17, 15) is 13.2 Å². The molecule has 6 nitrogen and oxygen atoms in total. The van der Waals surface area contributed by atoms with Crippen molar-refractivity contribution < 1.29 is 13.2 Å². The number of pyridine rings is 1. The fourth-order valence-electron chi connectivity index (χ4n) is 2.54. The van der Waals surface area contributed by atoms with Crippen molar-refractivity contribution in [3.8, 4) is 0 Å². The largest absolute Gasteiger partial charge is 0.345 e. The number of hydrogen-bond donors (Lipinski definition) is 1. The molecule has 0 bridgehead atoms. The highest BCUT2D eigenvalue weighted by Gasteiger charge is 2.21. The number of sulfonamides is 1. The van der Waals surface area contributed by atoms with Crippen LogP contribution in [0.2, 0.25) is 0 Å². The first kappa shape index (κ1) is 20.5. The van der Waals surface area contributed by atoms with Crippen LogP contribution in [0.15, 0.2) is 52.1 Å². The van der Waals surface area contributed by atoms with Crippen LogP contribution >= 0.6 is 15.9 Å². The Balaban J connectivity index is 2.14. The van der Waals surface area contributed by atoms with Crippen molar-refractivity contribution in [1.82, 2.24) is 14.6 Å². The lowest BCUT2D eigenvalue weighted by molar-refractivity contribution is 0.0939. The molecule has 8 heteroatoms. The number of nitrogens with one attached hydrogen (secondary N) is 1. The van der Waals surface area contributed by atoms with Gasteiger partial charge in [0.05, 0.1) is 16.5 Å². The van der Waals surface area contributed by atoms with Gasteiger partial charge in [0, 0.05) is 30.0 Å². The molecule has 0 aliphatic rings. The first-order valence-corrected chi connectivity index (χ1v) is 10.5. The Labute approximate surface area is 162 Å². The maximum absolute atomic E-state index is 12.5. The number of aromatic nitrogens is 1. The number of halogens is 1. The number of hydrogen-bond acceptors (Lipinski definition) is 4. The highest BCUT2D eigenvalue weighted by molar-refractivity contribution is 9.10. The minimum atomic E-state index is -3.48. The molecule has 2 aromatic rings. The molecular formula is C18H22BrN3O3S. The molecule has 1 aromatic heterocycles. The molecule has 140 valence electrons. The monoisotopic (exact) mass is 439 g/mol. The van der Waals surface area contributed by atoms with Gasteiger partial charge >= 0.3 is 0 Å². The third-order valence-corrected chi connectivity index (χ3v) is 6.54. The summed E-state index contributed by atoms with van der Waals surface area (Å²) in [6.45, 7) is 6.31. The second kappa shape index (κ2) is 8.75. The molecule has 0 saturated carbocycles. The molecule has 0 aliphatic carbocycles. The van der Waals surface area contributed by atoms with Crippen molar-refractivity contribution in [3.63, 3.8) is 0 Å². The highest BCUT2D eigenvalue weighted by atomic mass is 79.9. The molecule has 1 aromatic carbocycles. The maximum atomic E-state index is 12.5. The average Bonchev–Trinajstić information content (AvgIpc) is 2.62. The molecule has 0 saturated heterocycles. The van der Waals surface area contributed by atoms with Crippen molar-refractivity contribution in [2.45, 2.75) is 31.7 Å². The lowest BCUT2D eigenvalue weighted by atomic mass is 10.1. The summed E-state index contributed by atoms with van der Waals surface area (Å²) in [5, 5.41) is 2.88. The Morgan fingerprint density at radius 2 is 1.81 bits per heavy atom. The average molecular weight is 440 g/mol. The lowest BCUT2D eigenvalue weighted by Gasteiger charge is -2.19. The van der Waals surface area contributed by atoms with Gasteiger partial charge < -0.3 is 5.32 Å². The summed E-state index contributed by atoms with van der Waals surface area (Å²) in [4.78, 5) is 16.5. The summed E-state index contributed by atoms with van der Waals surface area (Å²) in [7, 11) is -3.48. The molecule has 26 heavy (non-hydrogen) atoms. The van der Waals surface area contributed by atoms with Gasteiger partial charge in [0.2, 0.25) is 10.0 Å². The smallest absolute Gasteiger partial charge is 0.253 e. The van der Waals surface area contributed by atoms with Gasteiger partial charge in [0.25, 0.3) is 5.91 Å². The Bertz CT molecular complexity index is 866. The van der Waals surface area contributed by atoms with E-state index in [2.05, 4.69) is 26.2 Å². The van der Waals surface area contributed by atoms with Crippen molar-refractivity contribution in [2.75, 3.05) is 13.1 Å². The van der Waals surface area contributed by atoms with Gasteiger partial charge in [-0.15, -0.1) is 0 Å². The Hall–Kier alpha value is -1.77. The van der Waals surface area contributed by atoms with E-state index < -0.39 is 10.0 Å². The summed E-state index contributed by atoms with van der Waals surface area (Å²) < 4.78 is 27.2. The summed E-state index contributed by atoms with van der Waals surface area (Å²) in [5.74, 6) is -0.244. The molecule has 1 atom stereocenters. The zero-order valence-electron chi connectivity index (χ0n) is 14.9. The molecule has 1 heterocycles. The summed E-state index contributed by atoms with van der Waals surface area (Å²) in [5.41, 5.74) is 1.27. The molecule has 0 aliphatic heterocycles. The molecule has 2 rings (SSSR count). The Morgan fingerprint density at radius 3 is 2.35 bits per heavy atom. The zero-order valence-corrected chi connectivity index (χ0v) is 17.3. The number of benzene rings is 1. The van der Waals surface area contributed by atoms with Gasteiger partial charge in [-0.25, -0.2) is 8.42 Å². The topological polar surface area (TPSA) is 79.4 Å². The van der Waals surface area contributed by atoms with E-state index in [0.717, 1.165) is 10.0 Å². The molecule has 1 N–H and O–H groups in total. The van der Waals surface area contributed by atoms with E-state index >= 15 is 0 Å². The molecule has 0 fully saturated rings. The lowest BCUT2D eigenvalue weighted by Crippen LogP contribution is -2.30. The fraction of sp³-hybridized carbons (Fsp3) is 0.333. The number of nitrogens with zero attached hydrogens (tertiary/aromatic N) is 2. The minimum absolute atomic E-state index is 0.244. The van der Waals surface area contributed by atoms with Gasteiger partial charge in [-0.05, 0) is 46.6 Å². The van der Waals surface area contributed by atoms with Crippen molar-refractivity contribution >= 4 is 31.9 Å². The SMILES string of the molecule is CCN(CC)S(=O)(=O)c1ccc(C(C)NC(=O)c2cncc(Br)c2)cc1.